The third-order valence-electron chi connectivity index (χ3n) is 5.79. The molecule has 0 fully saturated rings. The van der Waals surface area contributed by atoms with E-state index in [-0.39, 0.29) is 5.82 Å². The predicted molar refractivity (Wildman–Crippen MR) is 125 cm³/mol. The maximum absolute atomic E-state index is 13.4. The van der Waals surface area contributed by atoms with Crippen molar-refractivity contribution < 1.29 is 13.9 Å². The molecule has 0 spiro atoms. The van der Waals surface area contributed by atoms with Crippen LogP contribution in [0.5, 0.6) is 0 Å². The minimum Gasteiger partial charge on any atom is -0.462 e. The summed E-state index contributed by atoms with van der Waals surface area (Å²) in [5, 5.41) is 9.22. The van der Waals surface area contributed by atoms with Crippen LogP contribution in [0, 0.1) is 19.7 Å². The summed E-state index contributed by atoms with van der Waals surface area (Å²) >= 11 is 0. The molecule has 176 valence electrons. The number of hydrogen-bond acceptors (Lipinski definition) is 6. The maximum Gasteiger partial charge on any atom is 0.341 e. The van der Waals surface area contributed by atoms with Gasteiger partial charge in [-0.1, -0.05) is 6.92 Å². The largest absolute Gasteiger partial charge is 0.462 e. The lowest BCUT2D eigenvalue weighted by atomic mass is 10.0. The van der Waals surface area contributed by atoms with Crippen LogP contribution < -0.4 is 0 Å². The monoisotopic (exact) mass is 462 g/mol. The van der Waals surface area contributed by atoms with Gasteiger partial charge in [0, 0.05) is 36.4 Å². The summed E-state index contributed by atoms with van der Waals surface area (Å²) in [7, 11) is 1.90. The highest BCUT2D eigenvalue weighted by Gasteiger charge is 2.22. The predicted octanol–water partition coefficient (Wildman–Crippen LogP) is 4.15. The number of rotatable bonds is 7. The zero-order chi connectivity index (χ0) is 24.4. The van der Waals surface area contributed by atoms with Gasteiger partial charge in [-0.3, -0.25) is 4.68 Å². The van der Waals surface area contributed by atoms with Crippen LogP contribution in [-0.2, 0) is 24.6 Å². The lowest BCUT2D eigenvalue weighted by molar-refractivity contribution is 0.0524. The van der Waals surface area contributed by atoms with Crippen molar-refractivity contribution in [2.45, 2.75) is 40.5 Å². The fourth-order valence-electron chi connectivity index (χ4n) is 4.17. The summed E-state index contributed by atoms with van der Waals surface area (Å²) < 4.78 is 22.1. The Hall–Kier alpha value is -3.88. The number of hydrogen-bond donors (Lipinski definition) is 0. The summed E-state index contributed by atoms with van der Waals surface area (Å²) in [6.45, 7) is 7.74. The second-order valence-electron chi connectivity index (χ2n) is 7.98. The van der Waals surface area contributed by atoms with Crippen molar-refractivity contribution in [1.29, 1.82) is 0 Å². The number of carbonyl (C=O) groups is 1. The third kappa shape index (κ3) is 4.33. The number of carbonyl (C=O) groups excluding carboxylic acids is 1. The first-order valence-electron chi connectivity index (χ1n) is 11.2. The smallest absolute Gasteiger partial charge is 0.341 e. The highest BCUT2D eigenvalue weighted by atomic mass is 19.1. The van der Waals surface area contributed by atoms with Crippen LogP contribution >= 0.6 is 0 Å². The van der Waals surface area contributed by atoms with Crippen molar-refractivity contribution in [2.24, 2.45) is 7.05 Å². The number of aromatic nitrogens is 6. The summed E-state index contributed by atoms with van der Waals surface area (Å²) in [5.74, 6) is -0.101. The molecule has 0 radical (unpaired) electrons. The van der Waals surface area contributed by atoms with Crippen LogP contribution in [-0.4, -0.2) is 42.1 Å². The molecule has 3 heterocycles. The van der Waals surface area contributed by atoms with Crippen molar-refractivity contribution in [3.8, 4) is 17.1 Å². The fourth-order valence-corrected chi connectivity index (χ4v) is 4.17. The molecule has 0 bridgehead atoms. The van der Waals surface area contributed by atoms with E-state index < -0.39 is 5.97 Å². The molecular formula is C25H27FN6O2. The Morgan fingerprint density at radius 3 is 2.50 bits per heavy atom. The van der Waals surface area contributed by atoms with E-state index in [1.54, 1.807) is 30.7 Å². The standard InChI is InChI=1S/C25H27FN6O2/c1-6-20-21(31(5)30-24(20)17-8-10-18(26)11-9-17)12-19-13-22(28-14-27-19)32-16(4)23(15(3)29-32)25(33)34-7-2/h8-11,13-14H,6-7,12H2,1-5H3. The highest BCUT2D eigenvalue weighted by molar-refractivity contribution is 5.92. The normalized spacial score (nSPS) is 11.1. The lowest BCUT2D eigenvalue weighted by Crippen LogP contribution is -2.09. The Morgan fingerprint density at radius 2 is 1.82 bits per heavy atom. The van der Waals surface area contributed by atoms with Gasteiger partial charge in [0.2, 0.25) is 0 Å². The Morgan fingerprint density at radius 1 is 1.09 bits per heavy atom. The van der Waals surface area contributed by atoms with Crippen molar-refractivity contribution in [2.75, 3.05) is 6.61 Å². The molecule has 0 aliphatic carbocycles. The molecule has 0 aliphatic heterocycles. The Labute approximate surface area is 197 Å². The number of esters is 1. The molecule has 4 rings (SSSR count). The molecule has 0 N–H and O–H groups in total. The summed E-state index contributed by atoms with van der Waals surface area (Å²) in [6, 6.07) is 8.23. The van der Waals surface area contributed by atoms with Gasteiger partial charge in [-0.25, -0.2) is 23.8 Å². The first-order chi connectivity index (χ1) is 16.3. The zero-order valence-corrected chi connectivity index (χ0v) is 20.0. The van der Waals surface area contributed by atoms with Gasteiger partial charge < -0.3 is 4.74 Å². The van der Waals surface area contributed by atoms with Crippen LogP contribution in [0.3, 0.4) is 0 Å². The van der Waals surface area contributed by atoms with Crippen LogP contribution in [0.2, 0.25) is 0 Å². The maximum atomic E-state index is 13.4. The van der Waals surface area contributed by atoms with E-state index >= 15 is 0 Å². The fraction of sp³-hybridized carbons (Fsp3) is 0.320. The first kappa shape index (κ1) is 23.3. The molecular weight excluding hydrogens is 435 g/mol. The molecule has 4 aromatic rings. The summed E-state index contributed by atoms with van der Waals surface area (Å²) in [6.07, 6.45) is 2.80. The molecule has 3 aromatic heterocycles. The van der Waals surface area contributed by atoms with Crippen LogP contribution in [0.15, 0.2) is 36.7 Å². The Bertz CT molecular complexity index is 1340. The van der Waals surface area contributed by atoms with Gasteiger partial charge >= 0.3 is 5.97 Å². The molecule has 0 atom stereocenters. The summed E-state index contributed by atoms with van der Waals surface area (Å²) in [5.41, 5.74) is 6.31. The van der Waals surface area contributed by atoms with Crippen LogP contribution in [0.1, 0.15) is 52.5 Å². The van der Waals surface area contributed by atoms with Gasteiger partial charge in [0.25, 0.3) is 0 Å². The van der Waals surface area contributed by atoms with E-state index in [0.717, 1.165) is 34.6 Å². The van der Waals surface area contributed by atoms with Crippen molar-refractivity contribution in [1.82, 2.24) is 29.5 Å². The zero-order valence-electron chi connectivity index (χ0n) is 20.0. The number of ether oxygens (including phenoxy) is 1. The van der Waals surface area contributed by atoms with Gasteiger partial charge in [0.05, 0.1) is 29.4 Å². The second-order valence-corrected chi connectivity index (χ2v) is 7.98. The van der Waals surface area contributed by atoms with E-state index in [1.807, 2.05) is 24.7 Å². The second kappa shape index (κ2) is 9.54. The highest BCUT2D eigenvalue weighted by Crippen LogP contribution is 2.27. The van der Waals surface area contributed by atoms with Gasteiger partial charge in [0.15, 0.2) is 5.82 Å². The van der Waals surface area contributed by atoms with E-state index in [0.29, 0.717) is 35.8 Å². The van der Waals surface area contributed by atoms with E-state index in [9.17, 15) is 9.18 Å². The van der Waals surface area contributed by atoms with Crippen LogP contribution in [0.25, 0.3) is 17.1 Å². The average Bonchev–Trinajstić information content (AvgIpc) is 3.29. The summed E-state index contributed by atoms with van der Waals surface area (Å²) in [4.78, 5) is 21.2. The van der Waals surface area contributed by atoms with Crippen molar-refractivity contribution >= 4 is 5.97 Å². The molecule has 0 saturated heterocycles. The minimum absolute atomic E-state index is 0.276. The average molecular weight is 463 g/mol. The van der Waals surface area contributed by atoms with Crippen LogP contribution in [0.4, 0.5) is 4.39 Å². The number of aryl methyl sites for hydroxylation is 2. The van der Waals surface area contributed by atoms with Gasteiger partial charge in [-0.2, -0.15) is 10.2 Å². The van der Waals surface area contributed by atoms with E-state index in [4.69, 9.17) is 9.84 Å². The molecule has 9 heteroatoms. The van der Waals surface area contributed by atoms with Gasteiger partial charge in [-0.15, -0.1) is 0 Å². The quantitative estimate of drug-likeness (QED) is 0.384. The molecule has 0 amide bonds. The number of benzene rings is 1. The minimum atomic E-state index is -0.395. The SMILES string of the molecule is CCOC(=O)c1c(C)nn(-c2cc(Cc3c(CC)c(-c4ccc(F)cc4)nn3C)ncn2)c1C. The van der Waals surface area contributed by atoms with Crippen molar-refractivity contribution in [3.63, 3.8) is 0 Å². The molecule has 1 aromatic carbocycles. The van der Waals surface area contributed by atoms with E-state index in [1.165, 1.54) is 18.5 Å². The molecule has 0 unspecified atom stereocenters. The topological polar surface area (TPSA) is 87.7 Å². The number of nitrogens with zero attached hydrogens (tertiary/aromatic N) is 6. The Balaban J connectivity index is 1.69. The molecule has 8 nitrogen and oxygen atoms in total. The van der Waals surface area contributed by atoms with E-state index in [2.05, 4.69) is 22.0 Å². The lowest BCUT2D eigenvalue weighted by Gasteiger charge is -2.08. The first-order valence-corrected chi connectivity index (χ1v) is 11.2. The van der Waals surface area contributed by atoms with Crippen molar-refractivity contribution in [3.05, 3.63) is 76.4 Å². The number of halogens is 1. The third-order valence-corrected chi connectivity index (χ3v) is 5.79. The molecule has 0 aliphatic rings. The van der Waals surface area contributed by atoms with Gasteiger partial charge in [-0.05, 0) is 51.5 Å². The Kier molecular flexibility index (Phi) is 6.54. The van der Waals surface area contributed by atoms with Gasteiger partial charge in [0.1, 0.15) is 17.7 Å². The molecule has 34 heavy (non-hydrogen) atoms. The molecule has 0 saturated carbocycles.